The minimum Gasteiger partial charge on any atom is -0.501 e. The molecule has 1 aromatic heterocycles. The Labute approximate surface area is 146 Å². The number of rotatable bonds is 6. The van der Waals surface area contributed by atoms with E-state index in [0.717, 1.165) is 16.9 Å². The zero-order valence-corrected chi connectivity index (χ0v) is 14.6. The van der Waals surface area contributed by atoms with Crippen LogP contribution < -0.4 is 4.74 Å². The number of nitrogens with zero attached hydrogens (tertiary/aromatic N) is 2. The van der Waals surface area contributed by atoms with E-state index in [2.05, 4.69) is 14.7 Å². The quantitative estimate of drug-likeness (QED) is 0.453. The molecule has 0 aliphatic rings. The van der Waals surface area contributed by atoms with Gasteiger partial charge in [-0.25, -0.2) is 14.8 Å². The van der Waals surface area contributed by atoms with Crippen LogP contribution in [-0.4, -0.2) is 30.2 Å². The smallest absolute Gasteiger partial charge is 0.337 e. The number of allylic oxidation sites excluding steroid dienone is 4. The van der Waals surface area contributed by atoms with Crippen LogP contribution in [0.5, 0.6) is 6.01 Å². The van der Waals surface area contributed by atoms with E-state index in [-0.39, 0.29) is 12.0 Å². The Bertz CT molecular complexity index is 778. The zero-order valence-electron chi connectivity index (χ0n) is 14.6. The lowest BCUT2D eigenvalue weighted by Gasteiger charge is -2.05. The molecule has 0 unspecified atom stereocenters. The first-order valence-corrected chi connectivity index (χ1v) is 7.61. The van der Waals surface area contributed by atoms with Crippen molar-refractivity contribution < 1.29 is 19.0 Å². The largest absolute Gasteiger partial charge is 0.501 e. The van der Waals surface area contributed by atoms with Crippen LogP contribution in [0.1, 0.15) is 24.2 Å². The number of methoxy groups -OCH3 is 2. The average Bonchev–Trinajstić information content (AvgIpc) is 2.66. The van der Waals surface area contributed by atoms with Crippen LogP contribution in [0.15, 0.2) is 60.3 Å². The summed E-state index contributed by atoms with van der Waals surface area (Å²) in [6, 6.07) is 7.28. The molecule has 0 N–H and O–H groups in total. The Morgan fingerprint density at radius 2 is 1.48 bits per heavy atom. The lowest BCUT2D eigenvalue weighted by Crippen LogP contribution is -2.00. The number of ether oxygens (including phenoxy) is 3. The fraction of sp³-hybridized carbons (Fsp3) is 0.211. The monoisotopic (exact) mass is 340 g/mol. The topological polar surface area (TPSA) is 70.5 Å². The third kappa shape index (κ3) is 5.17. The van der Waals surface area contributed by atoms with Gasteiger partial charge in [0, 0.05) is 18.0 Å². The van der Waals surface area contributed by atoms with Crippen LogP contribution in [0.2, 0.25) is 0 Å². The van der Waals surface area contributed by atoms with Gasteiger partial charge in [-0.2, -0.15) is 0 Å². The molecule has 25 heavy (non-hydrogen) atoms. The molecule has 0 atom stereocenters. The maximum Gasteiger partial charge on any atom is 0.337 e. The van der Waals surface area contributed by atoms with Crippen molar-refractivity contribution in [1.82, 2.24) is 9.97 Å². The van der Waals surface area contributed by atoms with Crippen LogP contribution in [0.4, 0.5) is 0 Å². The zero-order chi connectivity index (χ0) is 18.2. The predicted octanol–water partition coefficient (Wildman–Crippen LogP) is 3.76. The highest BCUT2D eigenvalue weighted by molar-refractivity contribution is 5.89. The van der Waals surface area contributed by atoms with Gasteiger partial charge in [0.25, 0.3) is 0 Å². The first-order valence-electron chi connectivity index (χ1n) is 7.61. The van der Waals surface area contributed by atoms with Gasteiger partial charge in [0.1, 0.15) is 5.76 Å². The molecule has 0 fully saturated rings. The van der Waals surface area contributed by atoms with Gasteiger partial charge in [0.05, 0.1) is 25.5 Å². The SMILES string of the molecule is COC(=O)c1ccc(-c2cnc(O/C(C)=C/C=C(\C)OC)nc2)cc1. The minimum atomic E-state index is -0.369. The Morgan fingerprint density at radius 3 is 2.04 bits per heavy atom. The van der Waals surface area contributed by atoms with Crippen molar-refractivity contribution in [2.75, 3.05) is 14.2 Å². The van der Waals surface area contributed by atoms with E-state index in [1.165, 1.54) is 7.11 Å². The fourth-order valence-electron chi connectivity index (χ4n) is 1.92. The Hall–Kier alpha value is -3.15. The minimum absolute atomic E-state index is 0.257. The molecular weight excluding hydrogens is 320 g/mol. The molecule has 2 rings (SSSR count). The summed E-state index contributed by atoms with van der Waals surface area (Å²) in [4.78, 5) is 19.8. The highest BCUT2D eigenvalue weighted by Crippen LogP contribution is 2.20. The molecule has 0 aliphatic heterocycles. The van der Waals surface area contributed by atoms with Crippen LogP contribution in [0.25, 0.3) is 11.1 Å². The fourth-order valence-corrected chi connectivity index (χ4v) is 1.92. The van der Waals surface area contributed by atoms with Gasteiger partial charge < -0.3 is 14.2 Å². The molecule has 6 heteroatoms. The number of esters is 1. The van der Waals surface area contributed by atoms with E-state index in [0.29, 0.717) is 11.3 Å². The van der Waals surface area contributed by atoms with Gasteiger partial charge in [0.2, 0.25) is 0 Å². The van der Waals surface area contributed by atoms with Gasteiger partial charge in [-0.3, -0.25) is 0 Å². The Morgan fingerprint density at radius 1 is 0.880 bits per heavy atom. The Balaban J connectivity index is 2.08. The molecule has 0 radical (unpaired) electrons. The van der Waals surface area contributed by atoms with Crippen molar-refractivity contribution in [1.29, 1.82) is 0 Å². The van der Waals surface area contributed by atoms with Gasteiger partial charge in [0.15, 0.2) is 0 Å². The number of aromatic nitrogens is 2. The number of carbonyl (C=O) groups excluding carboxylic acids is 1. The van der Waals surface area contributed by atoms with Crippen LogP contribution in [0, 0.1) is 0 Å². The Kier molecular flexibility index (Phi) is 6.28. The first kappa shape index (κ1) is 18.2. The van der Waals surface area contributed by atoms with Crippen molar-refractivity contribution >= 4 is 5.97 Å². The van der Waals surface area contributed by atoms with E-state index >= 15 is 0 Å². The van der Waals surface area contributed by atoms with Gasteiger partial charge in [-0.1, -0.05) is 12.1 Å². The summed E-state index contributed by atoms with van der Waals surface area (Å²) in [6.45, 7) is 3.66. The normalized spacial score (nSPS) is 11.8. The summed E-state index contributed by atoms with van der Waals surface area (Å²) in [5.41, 5.74) is 2.21. The standard InChI is InChI=1S/C19H20N2O4/c1-13(23-3)5-6-14(2)25-19-20-11-17(12-21-19)15-7-9-16(10-8-15)18(22)24-4/h5-12H,1-4H3/b13-5+,14-6+. The molecule has 0 amide bonds. The molecule has 130 valence electrons. The van der Waals surface area contributed by atoms with Crippen molar-refractivity contribution in [2.45, 2.75) is 13.8 Å². The van der Waals surface area contributed by atoms with Crippen molar-refractivity contribution in [3.05, 3.63) is 65.9 Å². The summed E-state index contributed by atoms with van der Waals surface area (Å²) in [5.74, 6) is 1.05. The molecule has 0 saturated carbocycles. The first-order chi connectivity index (χ1) is 12.0. The summed E-state index contributed by atoms with van der Waals surface area (Å²) in [7, 11) is 2.96. The second-order valence-electron chi connectivity index (χ2n) is 5.18. The molecule has 0 spiro atoms. The summed E-state index contributed by atoms with van der Waals surface area (Å²) < 4.78 is 15.3. The van der Waals surface area contributed by atoms with Crippen molar-refractivity contribution in [3.8, 4) is 17.1 Å². The second-order valence-corrected chi connectivity index (χ2v) is 5.18. The summed E-state index contributed by atoms with van der Waals surface area (Å²) in [6.07, 6.45) is 6.91. The number of hydrogen-bond donors (Lipinski definition) is 0. The van der Waals surface area contributed by atoms with Crippen molar-refractivity contribution in [3.63, 3.8) is 0 Å². The van der Waals surface area contributed by atoms with Gasteiger partial charge in [-0.05, 0) is 43.7 Å². The highest BCUT2D eigenvalue weighted by atomic mass is 16.5. The maximum atomic E-state index is 11.4. The number of benzene rings is 1. The lowest BCUT2D eigenvalue weighted by molar-refractivity contribution is 0.0601. The average molecular weight is 340 g/mol. The van der Waals surface area contributed by atoms with E-state index in [1.807, 2.05) is 26.0 Å². The highest BCUT2D eigenvalue weighted by Gasteiger charge is 2.06. The summed E-state index contributed by atoms with van der Waals surface area (Å²) in [5, 5.41) is 0. The summed E-state index contributed by atoms with van der Waals surface area (Å²) >= 11 is 0. The molecule has 0 saturated heterocycles. The maximum absolute atomic E-state index is 11.4. The second kappa shape index (κ2) is 8.63. The van der Waals surface area contributed by atoms with Crippen molar-refractivity contribution in [2.24, 2.45) is 0 Å². The van der Waals surface area contributed by atoms with E-state index in [4.69, 9.17) is 9.47 Å². The molecule has 0 bridgehead atoms. The number of hydrogen-bond acceptors (Lipinski definition) is 6. The predicted molar refractivity (Wildman–Crippen MR) is 94.0 cm³/mol. The van der Waals surface area contributed by atoms with E-state index in [9.17, 15) is 4.79 Å². The third-order valence-electron chi connectivity index (χ3n) is 3.39. The molecule has 0 aliphatic carbocycles. The van der Waals surface area contributed by atoms with Crippen LogP contribution in [0.3, 0.4) is 0 Å². The molecule has 1 aromatic carbocycles. The van der Waals surface area contributed by atoms with E-state index < -0.39 is 0 Å². The molecule has 6 nitrogen and oxygen atoms in total. The molecule has 1 heterocycles. The van der Waals surface area contributed by atoms with Crippen LogP contribution >= 0.6 is 0 Å². The van der Waals surface area contributed by atoms with E-state index in [1.54, 1.807) is 43.8 Å². The van der Waals surface area contributed by atoms with Gasteiger partial charge >= 0.3 is 12.0 Å². The molecule has 2 aromatic rings. The lowest BCUT2D eigenvalue weighted by atomic mass is 10.1. The molecular formula is C19H20N2O4. The van der Waals surface area contributed by atoms with Gasteiger partial charge in [-0.15, -0.1) is 0 Å². The third-order valence-corrected chi connectivity index (χ3v) is 3.39. The number of carbonyl (C=O) groups is 1. The van der Waals surface area contributed by atoms with Crippen LogP contribution in [-0.2, 0) is 9.47 Å².